The van der Waals surface area contributed by atoms with E-state index in [0.717, 1.165) is 0 Å². The molecule has 0 saturated heterocycles. The first kappa shape index (κ1) is 20.8. The summed E-state index contributed by atoms with van der Waals surface area (Å²) < 4.78 is 81.9. The molecule has 0 amide bonds. The Hall–Kier alpha value is -1.23. The summed E-state index contributed by atoms with van der Waals surface area (Å²) in [5.41, 5.74) is -0.976. The standard InChI is InChI=1S/C14H20F5NO3Si/c1-3-21-14(22-4-2)23-24-7-5-6-20(19)10-8-9(15)11(16)13(18)12(10)17/h8,14H,3-7,24H2,1-2H3. The lowest BCUT2D eigenvalue weighted by Crippen LogP contribution is -2.23. The lowest BCUT2D eigenvalue weighted by atomic mass is 10.2. The Morgan fingerprint density at radius 1 is 1.04 bits per heavy atom. The first-order chi connectivity index (χ1) is 11.4. The predicted molar refractivity (Wildman–Crippen MR) is 80.8 cm³/mol. The fourth-order valence-corrected chi connectivity index (χ4v) is 2.79. The van der Waals surface area contributed by atoms with Crippen molar-refractivity contribution in [3.05, 3.63) is 29.3 Å². The smallest absolute Gasteiger partial charge is 0.261 e. The van der Waals surface area contributed by atoms with E-state index in [9.17, 15) is 22.0 Å². The van der Waals surface area contributed by atoms with Gasteiger partial charge >= 0.3 is 0 Å². The Kier molecular flexibility index (Phi) is 9.19. The van der Waals surface area contributed by atoms with Crippen LogP contribution in [0.3, 0.4) is 0 Å². The number of ether oxygens (including phenoxy) is 2. The molecule has 0 heterocycles. The van der Waals surface area contributed by atoms with Crippen LogP contribution in [0, 0.1) is 23.3 Å². The third-order valence-corrected chi connectivity index (χ3v) is 4.25. The second-order valence-corrected chi connectivity index (χ2v) is 6.13. The molecule has 0 fully saturated rings. The average Bonchev–Trinajstić information content (AvgIpc) is 2.56. The zero-order valence-corrected chi connectivity index (χ0v) is 14.9. The van der Waals surface area contributed by atoms with E-state index < -0.39 is 45.2 Å². The summed E-state index contributed by atoms with van der Waals surface area (Å²) in [6.07, 6.45) is 0.258. The molecular formula is C14H20F5NO3Si. The maximum absolute atomic E-state index is 13.8. The van der Waals surface area contributed by atoms with Gasteiger partial charge in [0, 0.05) is 19.3 Å². The van der Waals surface area contributed by atoms with E-state index in [4.69, 9.17) is 13.9 Å². The monoisotopic (exact) mass is 373 g/mol. The zero-order valence-electron chi connectivity index (χ0n) is 13.5. The van der Waals surface area contributed by atoms with Gasteiger partial charge in [0.05, 0.1) is 6.54 Å². The molecule has 0 spiro atoms. The van der Waals surface area contributed by atoms with E-state index in [-0.39, 0.29) is 24.2 Å². The third kappa shape index (κ3) is 6.00. The van der Waals surface area contributed by atoms with Crippen molar-refractivity contribution >= 4 is 15.5 Å². The van der Waals surface area contributed by atoms with Gasteiger partial charge in [-0.3, -0.25) is 0 Å². The molecule has 0 unspecified atom stereocenters. The molecular weight excluding hydrogens is 353 g/mol. The summed E-state index contributed by atoms with van der Waals surface area (Å²) in [5, 5.41) is -0.155. The van der Waals surface area contributed by atoms with Crippen molar-refractivity contribution in [3.63, 3.8) is 0 Å². The number of halogens is 5. The summed E-state index contributed by atoms with van der Waals surface area (Å²) in [5.74, 6) is -7.43. The van der Waals surface area contributed by atoms with E-state index in [1.807, 2.05) is 0 Å². The van der Waals surface area contributed by atoms with Crippen LogP contribution in [-0.4, -0.2) is 36.0 Å². The molecule has 1 aromatic carbocycles. The van der Waals surface area contributed by atoms with Crippen LogP contribution in [0.15, 0.2) is 6.07 Å². The number of benzene rings is 1. The van der Waals surface area contributed by atoms with Crippen LogP contribution in [-0.2, 0) is 13.9 Å². The van der Waals surface area contributed by atoms with Gasteiger partial charge in [-0.25, -0.2) is 22.7 Å². The van der Waals surface area contributed by atoms with Crippen molar-refractivity contribution in [3.8, 4) is 0 Å². The highest BCUT2D eigenvalue weighted by Crippen LogP contribution is 2.26. The Balaban J connectivity index is 2.43. The molecule has 0 aliphatic rings. The number of nitrogens with zero attached hydrogens (tertiary/aromatic N) is 1. The van der Waals surface area contributed by atoms with Gasteiger partial charge in [-0.2, -0.15) is 0 Å². The van der Waals surface area contributed by atoms with Crippen molar-refractivity contribution in [1.82, 2.24) is 0 Å². The molecule has 24 heavy (non-hydrogen) atoms. The molecule has 0 aliphatic carbocycles. The summed E-state index contributed by atoms with van der Waals surface area (Å²) >= 11 is 0. The van der Waals surface area contributed by atoms with Crippen LogP contribution in [0.4, 0.5) is 27.7 Å². The maximum atomic E-state index is 13.8. The largest absolute Gasteiger partial charge is 0.379 e. The summed E-state index contributed by atoms with van der Waals surface area (Å²) in [4.78, 5) is 0. The molecule has 0 atom stereocenters. The first-order valence-corrected chi connectivity index (χ1v) is 9.11. The molecule has 0 saturated carbocycles. The minimum Gasteiger partial charge on any atom is -0.379 e. The van der Waals surface area contributed by atoms with Gasteiger partial charge in [0.15, 0.2) is 33.0 Å². The molecule has 0 bridgehead atoms. The Bertz CT molecular complexity index is 518. The fraction of sp³-hybridized carbons (Fsp3) is 0.571. The van der Waals surface area contributed by atoms with E-state index in [1.165, 1.54) is 0 Å². The molecule has 4 nitrogen and oxygen atoms in total. The first-order valence-electron chi connectivity index (χ1n) is 7.53. The van der Waals surface area contributed by atoms with E-state index in [2.05, 4.69) is 0 Å². The fourth-order valence-electron chi connectivity index (χ4n) is 1.81. The Labute approximate surface area is 139 Å². The SMILES string of the molecule is CCOC(OCC)O[SiH2]CCCN(F)c1cc(F)c(F)c(F)c1F. The van der Waals surface area contributed by atoms with Crippen molar-refractivity contribution in [2.75, 3.05) is 24.9 Å². The molecule has 0 aliphatic heterocycles. The predicted octanol–water partition coefficient (Wildman–Crippen LogP) is 3.20. The van der Waals surface area contributed by atoms with Gasteiger partial charge in [0.25, 0.3) is 6.48 Å². The second kappa shape index (κ2) is 10.6. The zero-order chi connectivity index (χ0) is 18.1. The second-order valence-electron chi connectivity index (χ2n) is 4.68. The third-order valence-electron chi connectivity index (χ3n) is 2.95. The van der Waals surface area contributed by atoms with Crippen LogP contribution in [0.5, 0.6) is 0 Å². The quantitative estimate of drug-likeness (QED) is 0.113. The topological polar surface area (TPSA) is 30.9 Å². The van der Waals surface area contributed by atoms with E-state index in [0.29, 0.717) is 19.3 Å². The minimum absolute atomic E-state index is 0.155. The summed E-state index contributed by atoms with van der Waals surface area (Å²) in [6.45, 7) is 3.33. The molecule has 0 radical (unpaired) electrons. The maximum Gasteiger partial charge on any atom is 0.261 e. The van der Waals surface area contributed by atoms with Crippen LogP contribution in [0.2, 0.25) is 6.04 Å². The number of rotatable bonds is 11. The molecule has 0 N–H and O–H groups in total. The highest BCUT2D eigenvalue weighted by Gasteiger charge is 2.22. The molecule has 10 heteroatoms. The average molecular weight is 373 g/mol. The van der Waals surface area contributed by atoms with Crippen molar-refractivity contribution in [2.45, 2.75) is 32.8 Å². The molecule has 1 rings (SSSR count). The number of hydrogen-bond donors (Lipinski definition) is 0. The van der Waals surface area contributed by atoms with Crippen LogP contribution < -0.4 is 5.12 Å². The normalized spacial score (nSPS) is 11.8. The molecule has 0 aromatic heterocycles. The van der Waals surface area contributed by atoms with Gasteiger partial charge in [-0.1, -0.05) is 4.48 Å². The highest BCUT2D eigenvalue weighted by atomic mass is 28.2. The van der Waals surface area contributed by atoms with Crippen molar-refractivity contribution in [2.24, 2.45) is 0 Å². The Morgan fingerprint density at radius 3 is 2.25 bits per heavy atom. The van der Waals surface area contributed by atoms with E-state index in [1.54, 1.807) is 13.8 Å². The summed E-state index contributed by atoms with van der Waals surface area (Å²) in [7, 11) is -1.08. The molecule has 1 aromatic rings. The van der Waals surface area contributed by atoms with Crippen LogP contribution in [0.1, 0.15) is 20.3 Å². The lowest BCUT2D eigenvalue weighted by Gasteiger charge is -2.18. The van der Waals surface area contributed by atoms with Gasteiger partial charge in [0.1, 0.15) is 5.69 Å². The number of hydrogen-bond acceptors (Lipinski definition) is 4. The van der Waals surface area contributed by atoms with Crippen molar-refractivity contribution in [1.29, 1.82) is 0 Å². The summed E-state index contributed by atoms with van der Waals surface area (Å²) in [6, 6.07) is 0.784. The van der Waals surface area contributed by atoms with Crippen molar-refractivity contribution < 1.29 is 35.9 Å². The van der Waals surface area contributed by atoms with Gasteiger partial charge in [-0.05, 0) is 26.3 Å². The van der Waals surface area contributed by atoms with Gasteiger partial charge in [-0.15, -0.1) is 0 Å². The van der Waals surface area contributed by atoms with Gasteiger partial charge < -0.3 is 13.9 Å². The van der Waals surface area contributed by atoms with E-state index >= 15 is 0 Å². The minimum atomic E-state index is -2.04. The molecule has 138 valence electrons. The van der Waals surface area contributed by atoms with Gasteiger partial charge in [0.2, 0.25) is 0 Å². The lowest BCUT2D eigenvalue weighted by molar-refractivity contribution is -0.243. The Morgan fingerprint density at radius 2 is 1.67 bits per heavy atom. The highest BCUT2D eigenvalue weighted by molar-refractivity contribution is 6.27. The van der Waals surface area contributed by atoms with Crippen LogP contribution >= 0.6 is 0 Å². The van der Waals surface area contributed by atoms with Crippen LogP contribution in [0.25, 0.3) is 0 Å². The number of anilines is 1.